The van der Waals surface area contributed by atoms with Gasteiger partial charge in [0.15, 0.2) is 0 Å². The van der Waals surface area contributed by atoms with Crippen LogP contribution in [-0.2, 0) is 6.42 Å². The summed E-state index contributed by atoms with van der Waals surface area (Å²) in [7, 11) is 0. The van der Waals surface area contributed by atoms with Crippen LogP contribution in [0.15, 0.2) is 24.3 Å². The monoisotopic (exact) mass is 245 g/mol. The van der Waals surface area contributed by atoms with Crippen molar-refractivity contribution in [3.63, 3.8) is 0 Å². The Morgan fingerprint density at radius 3 is 2.50 bits per heavy atom. The van der Waals surface area contributed by atoms with Crippen LogP contribution in [0, 0.1) is 0 Å². The molecule has 0 aliphatic carbocycles. The number of benzene rings is 1. The number of hydrogen-bond donors (Lipinski definition) is 1. The zero-order chi connectivity index (χ0) is 12.6. The molecule has 0 saturated carbocycles. The van der Waals surface area contributed by atoms with Crippen LogP contribution in [0.1, 0.15) is 63.9 Å². The molecule has 0 radical (unpaired) electrons. The molecule has 1 heteroatoms. The SMILES string of the molecule is CCCCCCCCCC1Cc2ccccc2N1. The summed E-state index contributed by atoms with van der Waals surface area (Å²) in [6, 6.07) is 9.43. The van der Waals surface area contributed by atoms with Gasteiger partial charge < -0.3 is 5.32 Å². The molecule has 1 aliphatic rings. The molecule has 1 aromatic rings. The molecule has 1 nitrogen and oxygen atoms in total. The lowest BCUT2D eigenvalue weighted by Crippen LogP contribution is -2.14. The first kappa shape index (κ1) is 13.5. The molecule has 100 valence electrons. The Kier molecular flexibility index (Phi) is 5.57. The molecule has 0 bridgehead atoms. The highest BCUT2D eigenvalue weighted by Gasteiger charge is 2.18. The van der Waals surface area contributed by atoms with E-state index in [1.54, 1.807) is 0 Å². The predicted molar refractivity (Wildman–Crippen MR) is 80.2 cm³/mol. The maximum absolute atomic E-state index is 3.65. The van der Waals surface area contributed by atoms with E-state index in [4.69, 9.17) is 0 Å². The largest absolute Gasteiger partial charge is 0.382 e. The number of nitrogens with one attached hydrogen (secondary N) is 1. The van der Waals surface area contributed by atoms with Crippen LogP contribution >= 0.6 is 0 Å². The summed E-state index contributed by atoms with van der Waals surface area (Å²) in [4.78, 5) is 0. The predicted octanol–water partition coefficient (Wildman–Crippen LogP) is 5.16. The Morgan fingerprint density at radius 1 is 1.00 bits per heavy atom. The second-order valence-electron chi connectivity index (χ2n) is 5.61. The Labute approximate surface area is 112 Å². The molecule has 1 aliphatic heterocycles. The fraction of sp³-hybridized carbons (Fsp3) is 0.647. The highest BCUT2D eigenvalue weighted by atomic mass is 14.9. The summed E-state index contributed by atoms with van der Waals surface area (Å²) in [5.41, 5.74) is 2.87. The zero-order valence-electron chi connectivity index (χ0n) is 11.8. The highest BCUT2D eigenvalue weighted by Crippen LogP contribution is 2.27. The summed E-state index contributed by atoms with van der Waals surface area (Å²) in [6.45, 7) is 2.28. The minimum atomic E-state index is 0.693. The van der Waals surface area contributed by atoms with Gasteiger partial charge in [0.1, 0.15) is 0 Å². The van der Waals surface area contributed by atoms with Gasteiger partial charge in [-0.3, -0.25) is 0 Å². The molecule has 0 fully saturated rings. The molecule has 1 heterocycles. The van der Waals surface area contributed by atoms with Crippen molar-refractivity contribution in [2.24, 2.45) is 0 Å². The van der Waals surface area contributed by atoms with E-state index in [1.807, 2.05) is 0 Å². The molecule has 2 rings (SSSR count). The Morgan fingerprint density at radius 2 is 1.72 bits per heavy atom. The quantitative estimate of drug-likeness (QED) is 0.623. The van der Waals surface area contributed by atoms with Crippen molar-refractivity contribution >= 4 is 5.69 Å². The van der Waals surface area contributed by atoms with Gasteiger partial charge in [0, 0.05) is 11.7 Å². The van der Waals surface area contributed by atoms with Crippen molar-refractivity contribution in [2.75, 3.05) is 5.32 Å². The average Bonchev–Trinajstić information content (AvgIpc) is 2.80. The third-order valence-corrected chi connectivity index (χ3v) is 4.00. The Hall–Kier alpha value is -0.980. The fourth-order valence-corrected chi connectivity index (χ4v) is 2.90. The maximum atomic E-state index is 3.65. The molecule has 0 saturated heterocycles. The molecule has 1 unspecified atom stereocenters. The summed E-state index contributed by atoms with van der Waals surface area (Å²) >= 11 is 0. The molecule has 18 heavy (non-hydrogen) atoms. The van der Waals surface area contributed by atoms with Gasteiger partial charge in [-0.15, -0.1) is 0 Å². The summed E-state index contributed by atoms with van der Waals surface area (Å²) < 4.78 is 0. The minimum Gasteiger partial charge on any atom is -0.382 e. The normalized spacial score (nSPS) is 17.5. The molecule has 0 aromatic heterocycles. The van der Waals surface area contributed by atoms with Crippen molar-refractivity contribution in [3.8, 4) is 0 Å². The molecule has 0 spiro atoms. The second kappa shape index (κ2) is 7.45. The maximum Gasteiger partial charge on any atom is 0.0375 e. The van der Waals surface area contributed by atoms with Crippen molar-refractivity contribution in [3.05, 3.63) is 29.8 Å². The lowest BCUT2D eigenvalue weighted by Gasteiger charge is -2.10. The third-order valence-electron chi connectivity index (χ3n) is 4.00. The van der Waals surface area contributed by atoms with E-state index in [0.29, 0.717) is 6.04 Å². The number of hydrogen-bond acceptors (Lipinski definition) is 1. The number of unbranched alkanes of at least 4 members (excludes halogenated alkanes) is 6. The topological polar surface area (TPSA) is 12.0 Å². The van der Waals surface area contributed by atoms with Crippen LogP contribution in [0.25, 0.3) is 0 Å². The van der Waals surface area contributed by atoms with Gasteiger partial charge in [0.2, 0.25) is 0 Å². The van der Waals surface area contributed by atoms with E-state index in [-0.39, 0.29) is 0 Å². The molecule has 0 amide bonds. The van der Waals surface area contributed by atoms with Gasteiger partial charge in [-0.2, -0.15) is 0 Å². The Balaban J connectivity index is 1.54. The first-order valence-electron chi connectivity index (χ1n) is 7.74. The van der Waals surface area contributed by atoms with E-state index in [9.17, 15) is 0 Å². The van der Waals surface area contributed by atoms with Crippen LogP contribution in [0.4, 0.5) is 5.69 Å². The molecule has 1 aromatic carbocycles. The molecule has 1 N–H and O–H groups in total. The van der Waals surface area contributed by atoms with Gasteiger partial charge in [-0.1, -0.05) is 70.1 Å². The van der Waals surface area contributed by atoms with Crippen LogP contribution in [0.3, 0.4) is 0 Å². The summed E-state index contributed by atoms with van der Waals surface area (Å²) in [5.74, 6) is 0. The zero-order valence-corrected chi connectivity index (χ0v) is 11.8. The number of fused-ring (bicyclic) bond motifs is 1. The summed E-state index contributed by atoms with van der Waals surface area (Å²) in [6.07, 6.45) is 12.4. The van der Waals surface area contributed by atoms with E-state index in [0.717, 1.165) is 0 Å². The second-order valence-corrected chi connectivity index (χ2v) is 5.61. The van der Waals surface area contributed by atoms with Gasteiger partial charge >= 0.3 is 0 Å². The first-order chi connectivity index (χ1) is 8.90. The average molecular weight is 245 g/mol. The van der Waals surface area contributed by atoms with Crippen LogP contribution < -0.4 is 5.32 Å². The Bertz CT molecular complexity index is 320. The lowest BCUT2D eigenvalue weighted by molar-refractivity contribution is 0.550. The van der Waals surface area contributed by atoms with Crippen molar-refractivity contribution < 1.29 is 0 Å². The van der Waals surface area contributed by atoms with Gasteiger partial charge in [-0.05, 0) is 24.5 Å². The van der Waals surface area contributed by atoms with E-state index >= 15 is 0 Å². The van der Waals surface area contributed by atoms with Gasteiger partial charge in [-0.25, -0.2) is 0 Å². The fourth-order valence-electron chi connectivity index (χ4n) is 2.90. The van der Waals surface area contributed by atoms with Crippen LogP contribution in [-0.4, -0.2) is 6.04 Å². The smallest absolute Gasteiger partial charge is 0.0375 e. The molecular weight excluding hydrogens is 218 g/mol. The van der Waals surface area contributed by atoms with Crippen LogP contribution in [0.2, 0.25) is 0 Å². The van der Waals surface area contributed by atoms with E-state index in [1.165, 1.54) is 69.0 Å². The number of anilines is 1. The van der Waals surface area contributed by atoms with Gasteiger partial charge in [0.05, 0.1) is 0 Å². The van der Waals surface area contributed by atoms with E-state index in [2.05, 4.69) is 36.5 Å². The minimum absolute atomic E-state index is 0.693. The third kappa shape index (κ3) is 4.04. The number of para-hydroxylation sites is 1. The lowest BCUT2D eigenvalue weighted by atomic mass is 10.0. The van der Waals surface area contributed by atoms with E-state index < -0.39 is 0 Å². The van der Waals surface area contributed by atoms with Crippen molar-refractivity contribution in [1.29, 1.82) is 0 Å². The van der Waals surface area contributed by atoms with Crippen molar-refractivity contribution in [2.45, 2.75) is 70.8 Å². The molecule has 1 atom stereocenters. The van der Waals surface area contributed by atoms with Gasteiger partial charge in [0.25, 0.3) is 0 Å². The van der Waals surface area contributed by atoms with Crippen molar-refractivity contribution in [1.82, 2.24) is 0 Å². The number of rotatable bonds is 8. The highest BCUT2D eigenvalue weighted by molar-refractivity contribution is 5.56. The van der Waals surface area contributed by atoms with Crippen LogP contribution in [0.5, 0.6) is 0 Å². The molecular formula is C17H27N. The first-order valence-corrected chi connectivity index (χ1v) is 7.74. The summed E-state index contributed by atoms with van der Waals surface area (Å²) in [5, 5.41) is 3.65. The standard InChI is InChI=1S/C17H27N/c1-2-3-4-5-6-7-8-12-16-14-15-11-9-10-13-17(15)18-16/h9-11,13,16,18H,2-8,12,14H2,1H3.